The van der Waals surface area contributed by atoms with E-state index in [-0.39, 0.29) is 5.91 Å². The molecular formula is C13H18N2O2S. The summed E-state index contributed by atoms with van der Waals surface area (Å²) in [6.07, 6.45) is 2.51. The van der Waals surface area contributed by atoms with Gasteiger partial charge in [0.25, 0.3) is 5.91 Å². The fraction of sp³-hybridized carbons (Fsp3) is 0.385. The van der Waals surface area contributed by atoms with E-state index >= 15 is 0 Å². The van der Waals surface area contributed by atoms with Crippen molar-refractivity contribution in [3.05, 3.63) is 29.8 Å². The summed E-state index contributed by atoms with van der Waals surface area (Å²) in [6, 6.07) is 7.01. The summed E-state index contributed by atoms with van der Waals surface area (Å²) in [6.45, 7) is 0.632. The van der Waals surface area contributed by atoms with Crippen molar-refractivity contribution in [3.8, 4) is 5.75 Å². The Morgan fingerprint density at radius 3 is 2.56 bits per heavy atom. The molecule has 98 valence electrons. The molecule has 1 rings (SSSR count). The van der Waals surface area contributed by atoms with Gasteiger partial charge in [0, 0.05) is 12.1 Å². The van der Waals surface area contributed by atoms with Gasteiger partial charge in [-0.15, -0.1) is 0 Å². The highest BCUT2D eigenvalue weighted by Gasteiger charge is 2.04. The average Bonchev–Trinajstić information content (AvgIpc) is 2.38. The Kier molecular flexibility index (Phi) is 6.14. The summed E-state index contributed by atoms with van der Waals surface area (Å²) in [5.41, 5.74) is 6.01. The molecule has 0 aliphatic heterocycles. The minimum absolute atomic E-state index is 0.0759. The number of methoxy groups -OCH3 is 1. The smallest absolute Gasteiger partial charge is 0.251 e. The quantitative estimate of drug-likeness (QED) is 0.584. The number of carbonyl (C=O) groups is 1. The number of benzene rings is 1. The molecule has 0 atom stereocenters. The molecule has 0 radical (unpaired) electrons. The van der Waals surface area contributed by atoms with E-state index in [0.29, 0.717) is 17.1 Å². The van der Waals surface area contributed by atoms with Gasteiger partial charge < -0.3 is 15.8 Å². The highest BCUT2D eigenvalue weighted by atomic mass is 32.1. The van der Waals surface area contributed by atoms with Gasteiger partial charge in [-0.3, -0.25) is 4.79 Å². The van der Waals surface area contributed by atoms with Gasteiger partial charge >= 0.3 is 0 Å². The van der Waals surface area contributed by atoms with E-state index in [1.165, 1.54) is 0 Å². The summed E-state index contributed by atoms with van der Waals surface area (Å²) < 4.78 is 5.03. The molecular weight excluding hydrogens is 248 g/mol. The monoisotopic (exact) mass is 266 g/mol. The minimum atomic E-state index is -0.0759. The van der Waals surface area contributed by atoms with Crippen molar-refractivity contribution in [3.63, 3.8) is 0 Å². The van der Waals surface area contributed by atoms with Crippen molar-refractivity contribution < 1.29 is 9.53 Å². The summed E-state index contributed by atoms with van der Waals surface area (Å²) in [7, 11) is 1.59. The molecule has 0 saturated heterocycles. The van der Waals surface area contributed by atoms with Crippen LogP contribution in [0.15, 0.2) is 24.3 Å². The number of thiocarbonyl (C=S) groups is 1. The lowest BCUT2D eigenvalue weighted by atomic mass is 10.2. The zero-order valence-electron chi connectivity index (χ0n) is 10.4. The number of hydrogen-bond donors (Lipinski definition) is 2. The van der Waals surface area contributed by atoms with Crippen LogP contribution in [0.3, 0.4) is 0 Å². The maximum Gasteiger partial charge on any atom is 0.251 e. The zero-order valence-corrected chi connectivity index (χ0v) is 11.3. The maximum absolute atomic E-state index is 11.7. The van der Waals surface area contributed by atoms with Crippen molar-refractivity contribution in [1.29, 1.82) is 0 Å². The largest absolute Gasteiger partial charge is 0.497 e. The van der Waals surface area contributed by atoms with Crippen molar-refractivity contribution in [2.75, 3.05) is 13.7 Å². The van der Waals surface area contributed by atoms with Gasteiger partial charge in [0.1, 0.15) is 5.75 Å². The fourth-order valence-corrected chi connectivity index (χ4v) is 1.61. The van der Waals surface area contributed by atoms with Gasteiger partial charge in [0.2, 0.25) is 0 Å². The van der Waals surface area contributed by atoms with Gasteiger partial charge in [0.05, 0.1) is 12.1 Å². The van der Waals surface area contributed by atoms with E-state index < -0.39 is 0 Å². The van der Waals surface area contributed by atoms with Crippen LogP contribution in [-0.4, -0.2) is 24.6 Å². The van der Waals surface area contributed by atoms with Crippen LogP contribution in [0.25, 0.3) is 0 Å². The molecule has 1 aromatic carbocycles. The lowest BCUT2D eigenvalue weighted by molar-refractivity contribution is 0.0953. The lowest BCUT2D eigenvalue weighted by Gasteiger charge is -2.06. The first-order valence-corrected chi connectivity index (χ1v) is 6.25. The molecule has 0 heterocycles. The Labute approximate surface area is 113 Å². The fourth-order valence-electron chi connectivity index (χ4n) is 1.47. The Balaban J connectivity index is 2.29. The number of nitrogens with one attached hydrogen (secondary N) is 1. The Morgan fingerprint density at radius 2 is 2.00 bits per heavy atom. The Bertz CT molecular complexity index is 404. The summed E-state index contributed by atoms with van der Waals surface area (Å²) in [5, 5.41) is 2.85. The van der Waals surface area contributed by atoms with Crippen LogP contribution >= 0.6 is 12.2 Å². The summed E-state index contributed by atoms with van der Waals surface area (Å²) in [4.78, 5) is 12.3. The normalized spacial score (nSPS) is 9.83. The van der Waals surface area contributed by atoms with Gasteiger partial charge in [-0.2, -0.15) is 0 Å². The van der Waals surface area contributed by atoms with E-state index in [0.717, 1.165) is 25.0 Å². The van der Waals surface area contributed by atoms with Crippen molar-refractivity contribution >= 4 is 23.1 Å². The molecule has 0 aliphatic rings. The number of amides is 1. The molecule has 1 aromatic rings. The molecule has 0 unspecified atom stereocenters. The molecule has 0 spiro atoms. The van der Waals surface area contributed by atoms with Crippen LogP contribution in [0.1, 0.15) is 29.6 Å². The molecule has 4 nitrogen and oxygen atoms in total. The van der Waals surface area contributed by atoms with Crippen LogP contribution in [0.5, 0.6) is 5.75 Å². The third-order valence-electron chi connectivity index (χ3n) is 2.49. The SMILES string of the molecule is COc1ccc(C(=O)NCCCCC(N)=S)cc1. The highest BCUT2D eigenvalue weighted by molar-refractivity contribution is 7.80. The second-order valence-electron chi connectivity index (χ2n) is 3.91. The molecule has 3 N–H and O–H groups in total. The average molecular weight is 266 g/mol. The highest BCUT2D eigenvalue weighted by Crippen LogP contribution is 2.11. The zero-order chi connectivity index (χ0) is 13.4. The maximum atomic E-state index is 11.7. The first-order valence-electron chi connectivity index (χ1n) is 5.84. The van der Waals surface area contributed by atoms with E-state index in [2.05, 4.69) is 5.32 Å². The topological polar surface area (TPSA) is 64.3 Å². The number of rotatable bonds is 7. The molecule has 0 aromatic heterocycles. The van der Waals surface area contributed by atoms with Gasteiger partial charge in [0.15, 0.2) is 0 Å². The van der Waals surface area contributed by atoms with Crippen LogP contribution in [0.2, 0.25) is 0 Å². The third kappa shape index (κ3) is 5.14. The number of nitrogens with two attached hydrogens (primary N) is 1. The Morgan fingerprint density at radius 1 is 1.33 bits per heavy atom. The molecule has 1 amide bonds. The Hall–Kier alpha value is -1.62. The van der Waals surface area contributed by atoms with E-state index in [1.54, 1.807) is 31.4 Å². The summed E-state index contributed by atoms with van der Waals surface area (Å²) >= 11 is 4.78. The van der Waals surface area contributed by atoms with Crippen LogP contribution in [-0.2, 0) is 0 Å². The molecule has 0 bridgehead atoms. The molecule has 0 saturated carbocycles. The third-order valence-corrected chi connectivity index (χ3v) is 2.69. The molecule has 18 heavy (non-hydrogen) atoms. The second-order valence-corrected chi connectivity index (χ2v) is 4.43. The molecule has 0 fully saturated rings. The van der Waals surface area contributed by atoms with Gasteiger partial charge in [-0.05, 0) is 43.5 Å². The molecule has 0 aliphatic carbocycles. The van der Waals surface area contributed by atoms with Crippen molar-refractivity contribution in [2.45, 2.75) is 19.3 Å². The van der Waals surface area contributed by atoms with Gasteiger partial charge in [-0.25, -0.2) is 0 Å². The predicted octanol–water partition coefficient (Wildman–Crippen LogP) is 1.88. The first kappa shape index (κ1) is 14.4. The standard InChI is InChI=1S/C13H18N2O2S/c1-17-11-7-5-10(6-8-11)13(16)15-9-3-2-4-12(14)18/h5-8H,2-4,9H2,1H3,(H2,14,18)(H,15,16). The van der Waals surface area contributed by atoms with Crippen molar-refractivity contribution in [2.24, 2.45) is 5.73 Å². The number of carbonyl (C=O) groups excluding carboxylic acids is 1. The number of ether oxygens (including phenoxy) is 1. The van der Waals surface area contributed by atoms with E-state index in [1.807, 2.05) is 0 Å². The van der Waals surface area contributed by atoms with E-state index in [4.69, 9.17) is 22.7 Å². The second kappa shape index (κ2) is 7.66. The lowest BCUT2D eigenvalue weighted by Crippen LogP contribution is -2.24. The molecule has 5 heteroatoms. The minimum Gasteiger partial charge on any atom is -0.497 e. The van der Waals surface area contributed by atoms with Gasteiger partial charge in [-0.1, -0.05) is 12.2 Å². The number of hydrogen-bond acceptors (Lipinski definition) is 3. The van der Waals surface area contributed by atoms with Crippen LogP contribution < -0.4 is 15.8 Å². The first-order chi connectivity index (χ1) is 8.63. The predicted molar refractivity (Wildman–Crippen MR) is 76.0 cm³/mol. The summed E-state index contributed by atoms with van der Waals surface area (Å²) in [5.74, 6) is 0.663. The van der Waals surface area contributed by atoms with Crippen LogP contribution in [0.4, 0.5) is 0 Å². The van der Waals surface area contributed by atoms with Crippen LogP contribution in [0, 0.1) is 0 Å². The van der Waals surface area contributed by atoms with E-state index in [9.17, 15) is 4.79 Å². The number of unbranched alkanes of at least 4 members (excludes halogenated alkanes) is 1. The van der Waals surface area contributed by atoms with Crippen molar-refractivity contribution in [1.82, 2.24) is 5.32 Å².